The van der Waals surface area contributed by atoms with E-state index in [4.69, 9.17) is 0 Å². The molecule has 0 saturated heterocycles. The summed E-state index contributed by atoms with van der Waals surface area (Å²) < 4.78 is 0. The summed E-state index contributed by atoms with van der Waals surface area (Å²) in [5.41, 5.74) is 3.78. The molecule has 0 spiro atoms. The third kappa shape index (κ3) is 4.15. The van der Waals surface area contributed by atoms with Gasteiger partial charge in [-0.25, -0.2) is 4.98 Å². The number of nitrogens with zero attached hydrogens (tertiary/aromatic N) is 4. The summed E-state index contributed by atoms with van der Waals surface area (Å²) in [6.07, 6.45) is 7.00. The van der Waals surface area contributed by atoms with Crippen LogP contribution >= 0.6 is 0 Å². The lowest BCUT2D eigenvalue weighted by molar-refractivity contribution is 0.102. The van der Waals surface area contributed by atoms with Crippen LogP contribution in [0.3, 0.4) is 0 Å². The fourth-order valence-corrected chi connectivity index (χ4v) is 2.69. The number of amides is 1. The molecular weight excluding hydrogens is 352 g/mol. The third-order valence-corrected chi connectivity index (χ3v) is 4.23. The van der Waals surface area contributed by atoms with Crippen molar-refractivity contribution < 1.29 is 4.79 Å². The Hall–Kier alpha value is -3.74. The summed E-state index contributed by atoms with van der Waals surface area (Å²) in [4.78, 5) is 22.6. The smallest absolute Gasteiger partial charge is 0.276 e. The summed E-state index contributed by atoms with van der Waals surface area (Å²) in [6, 6.07) is 9.49. The molecule has 2 aromatic heterocycles. The number of aliphatic imine (C=N–C) groups is 1. The standard InChI is InChI=1S/C21H22N6O/c1-14(6-5-11-22-2)15-7-9-18-17(12-15)20(26-25-18)21(28)24-16-8-10-19(23-13-16)27(3)4/h5-13H,2H2,1,3-4H3,(H,24,28)(H,25,26)/b11-5-,14-6+. The van der Waals surface area contributed by atoms with E-state index in [-0.39, 0.29) is 5.91 Å². The Labute approximate surface area is 163 Å². The van der Waals surface area contributed by atoms with Gasteiger partial charge in [0.05, 0.1) is 17.4 Å². The van der Waals surface area contributed by atoms with E-state index >= 15 is 0 Å². The second-order valence-electron chi connectivity index (χ2n) is 6.46. The number of aromatic nitrogens is 3. The lowest BCUT2D eigenvalue weighted by Crippen LogP contribution is -2.14. The molecule has 0 aliphatic carbocycles. The number of benzene rings is 1. The van der Waals surface area contributed by atoms with Crippen LogP contribution < -0.4 is 10.2 Å². The molecule has 2 heterocycles. The summed E-state index contributed by atoms with van der Waals surface area (Å²) in [6.45, 7) is 5.41. The number of fused-ring (bicyclic) bond motifs is 1. The van der Waals surface area contributed by atoms with E-state index in [1.165, 1.54) is 0 Å². The molecule has 142 valence electrons. The Morgan fingerprint density at radius 1 is 1.29 bits per heavy atom. The van der Waals surface area contributed by atoms with Crippen molar-refractivity contribution in [3.05, 3.63) is 66.1 Å². The summed E-state index contributed by atoms with van der Waals surface area (Å²) in [5.74, 6) is 0.524. The van der Waals surface area contributed by atoms with Gasteiger partial charge in [-0.3, -0.25) is 14.9 Å². The van der Waals surface area contributed by atoms with Gasteiger partial charge in [0, 0.05) is 25.7 Å². The molecule has 1 amide bonds. The van der Waals surface area contributed by atoms with Crippen LogP contribution in [0.1, 0.15) is 23.0 Å². The van der Waals surface area contributed by atoms with E-state index in [0.29, 0.717) is 11.4 Å². The summed E-state index contributed by atoms with van der Waals surface area (Å²) >= 11 is 0. The summed E-state index contributed by atoms with van der Waals surface area (Å²) in [5, 5.41) is 10.7. The molecule has 28 heavy (non-hydrogen) atoms. The number of carbonyl (C=O) groups is 1. The van der Waals surface area contributed by atoms with Gasteiger partial charge in [0.15, 0.2) is 5.69 Å². The molecule has 3 rings (SSSR count). The maximum atomic E-state index is 12.7. The molecule has 0 fully saturated rings. The number of H-pyrrole nitrogens is 1. The van der Waals surface area contributed by atoms with E-state index in [2.05, 4.69) is 32.2 Å². The zero-order valence-corrected chi connectivity index (χ0v) is 16.1. The minimum absolute atomic E-state index is 0.291. The first-order chi connectivity index (χ1) is 13.5. The van der Waals surface area contributed by atoms with Crippen LogP contribution in [-0.4, -0.2) is 41.9 Å². The molecule has 0 atom stereocenters. The van der Waals surface area contributed by atoms with Crippen molar-refractivity contribution in [1.29, 1.82) is 0 Å². The second kappa shape index (κ2) is 8.30. The lowest BCUT2D eigenvalue weighted by atomic mass is 10.0. The minimum Gasteiger partial charge on any atom is -0.363 e. The van der Waals surface area contributed by atoms with Gasteiger partial charge in [0.1, 0.15) is 5.82 Å². The van der Waals surface area contributed by atoms with Gasteiger partial charge in [0.25, 0.3) is 5.91 Å². The van der Waals surface area contributed by atoms with Crippen molar-refractivity contribution in [3.63, 3.8) is 0 Å². The van der Waals surface area contributed by atoms with Crippen LogP contribution in [0.15, 0.2) is 59.9 Å². The van der Waals surface area contributed by atoms with Crippen molar-refractivity contribution in [2.24, 2.45) is 4.99 Å². The lowest BCUT2D eigenvalue weighted by Gasteiger charge is -2.11. The molecule has 3 aromatic rings. The van der Waals surface area contributed by atoms with Gasteiger partial charge >= 0.3 is 0 Å². The Balaban J connectivity index is 1.86. The van der Waals surface area contributed by atoms with Crippen molar-refractivity contribution >= 4 is 40.6 Å². The first-order valence-corrected chi connectivity index (χ1v) is 8.72. The first kappa shape index (κ1) is 19.0. The maximum Gasteiger partial charge on any atom is 0.276 e. The monoisotopic (exact) mass is 374 g/mol. The quantitative estimate of drug-likeness (QED) is 0.506. The summed E-state index contributed by atoms with van der Waals surface area (Å²) in [7, 11) is 3.82. The molecule has 0 aliphatic rings. The van der Waals surface area contributed by atoms with Gasteiger partial charge in [0.2, 0.25) is 0 Å². The minimum atomic E-state index is -0.291. The van der Waals surface area contributed by atoms with Crippen LogP contribution in [0.5, 0.6) is 0 Å². The predicted molar refractivity (Wildman–Crippen MR) is 115 cm³/mol. The molecule has 2 N–H and O–H groups in total. The van der Waals surface area contributed by atoms with Crippen LogP contribution in [0.25, 0.3) is 16.5 Å². The van der Waals surface area contributed by atoms with E-state index in [9.17, 15) is 4.79 Å². The molecule has 0 aliphatic heterocycles. The molecule has 0 bridgehead atoms. The molecule has 7 heteroatoms. The second-order valence-corrected chi connectivity index (χ2v) is 6.46. The maximum absolute atomic E-state index is 12.7. The Morgan fingerprint density at radius 2 is 2.11 bits per heavy atom. The van der Waals surface area contributed by atoms with Crippen LogP contribution in [0.2, 0.25) is 0 Å². The number of aromatic amines is 1. The molecular formula is C21H22N6O. The average Bonchev–Trinajstić information content (AvgIpc) is 3.11. The topological polar surface area (TPSA) is 86.3 Å². The zero-order chi connectivity index (χ0) is 20.1. The SMILES string of the molecule is C=N/C=C\C=C(/C)c1ccc2[nH]nc(C(=O)Nc3ccc(N(C)C)nc3)c2c1. The molecule has 1 aromatic carbocycles. The third-order valence-electron chi connectivity index (χ3n) is 4.23. The Morgan fingerprint density at radius 3 is 2.79 bits per heavy atom. The number of anilines is 2. The Kier molecular flexibility index (Phi) is 5.64. The highest BCUT2D eigenvalue weighted by atomic mass is 16.1. The van der Waals surface area contributed by atoms with Gasteiger partial charge < -0.3 is 10.2 Å². The van der Waals surface area contributed by atoms with Crippen molar-refractivity contribution in [1.82, 2.24) is 15.2 Å². The van der Waals surface area contributed by atoms with E-state index in [1.807, 2.05) is 68.4 Å². The molecule has 0 saturated carbocycles. The zero-order valence-electron chi connectivity index (χ0n) is 16.1. The van der Waals surface area contributed by atoms with Gasteiger partial charge in [-0.2, -0.15) is 5.10 Å². The average molecular weight is 374 g/mol. The van der Waals surface area contributed by atoms with Gasteiger partial charge in [-0.05, 0) is 55.1 Å². The number of nitrogens with one attached hydrogen (secondary N) is 2. The number of hydrogen-bond donors (Lipinski definition) is 2. The van der Waals surface area contributed by atoms with Crippen molar-refractivity contribution in [2.45, 2.75) is 6.92 Å². The largest absolute Gasteiger partial charge is 0.363 e. The fraction of sp³-hybridized carbons (Fsp3) is 0.143. The van der Waals surface area contributed by atoms with Gasteiger partial charge in [-0.1, -0.05) is 12.1 Å². The number of hydrogen-bond acceptors (Lipinski definition) is 5. The highest BCUT2D eigenvalue weighted by molar-refractivity contribution is 6.11. The predicted octanol–water partition coefficient (Wildman–Crippen LogP) is 3.89. The fourth-order valence-electron chi connectivity index (χ4n) is 2.69. The highest BCUT2D eigenvalue weighted by Gasteiger charge is 2.15. The van der Waals surface area contributed by atoms with Crippen LogP contribution in [-0.2, 0) is 0 Å². The van der Waals surface area contributed by atoms with E-state index in [1.54, 1.807) is 12.4 Å². The number of rotatable bonds is 6. The highest BCUT2D eigenvalue weighted by Crippen LogP contribution is 2.23. The molecule has 0 radical (unpaired) electrons. The number of carbonyl (C=O) groups excluding carboxylic acids is 1. The first-order valence-electron chi connectivity index (χ1n) is 8.72. The van der Waals surface area contributed by atoms with E-state index < -0.39 is 0 Å². The number of allylic oxidation sites excluding steroid dienone is 3. The Bertz CT molecular complexity index is 1060. The van der Waals surface area contributed by atoms with E-state index in [0.717, 1.165) is 27.9 Å². The molecule has 7 nitrogen and oxygen atoms in total. The molecule has 0 unspecified atom stereocenters. The number of pyridine rings is 1. The van der Waals surface area contributed by atoms with Crippen LogP contribution in [0, 0.1) is 0 Å². The van der Waals surface area contributed by atoms with Crippen molar-refractivity contribution in [2.75, 3.05) is 24.3 Å². The van der Waals surface area contributed by atoms with Crippen LogP contribution in [0.4, 0.5) is 11.5 Å². The van der Waals surface area contributed by atoms with Crippen molar-refractivity contribution in [3.8, 4) is 0 Å². The normalized spacial score (nSPS) is 11.8. The van der Waals surface area contributed by atoms with Gasteiger partial charge in [-0.15, -0.1) is 0 Å².